The molecule has 1 rings (SSSR count). The molecule has 0 spiro atoms. The molecule has 0 heterocycles. The number of alkyl carbamates (subject to hydrolysis) is 2. The summed E-state index contributed by atoms with van der Waals surface area (Å²) in [6.45, 7) is 11.0. The van der Waals surface area contributed by atoms with Gasteiger partial charge in [-0.25, -0.2) is 9.59 Å². The summed E-state index contributed by atoms with van der Waals surface area (Å²) in [6, 6.07) is 0.207. The van der Waals surface area contributed by atoms with Crippen LogP contribution in [0, 0.1) is 0 Å². The van der Waals surface area contributed by atoms with E-state index < -0.39 is 11.2 Å². The van der Waals surface area contributed by atoms with E-state index in [0.717, 1.165) is 25.7 Å². The van der Waals surface area contributed by atoms with Gasteiger partial charge in [0.05, 0.1) is 0 Å². The van der Waals surface area contributed by atoms with Gasteiger partial charge in [-0.3, -0.25) is 0 Å². The molecule has 2 N–H and O–H groups in total. The van der Waals surface area contributed by atoms with Crippen LogP contribution in [-0.4, -0.2) is 35.5 Å². The Morgan fingerprint density at radius 2 is 1.00 bits per heavy atom. The Balaban J connectivity index is 2.29. The maximum atomic E-state index is 11.7. The van der Waals surface area contributed by atoms with Crippen molar-refractivity contribution in [3.8, 4) is 0 Å². The quantitative estimate of drug-likeness (QED) is 0.819. The summed E-state index contributed by atoms with van der Waals surface area (Å²) < 4.78 is 10.5. The van der Waals surface area contributed by atoms with Crippen LogP contribution < -0.4 is 10.6 Å². The van der Waals surface area contributed by atoms with E-state index >= 15 is 0 Å². The molecule has 0 aromatic carbocycles. The van der Waals surface area contributed by atoms with Crippen LogP contribution in [0.2, 0.25) is 0 Å². The second kappa shape index (κ2) is 7.20. The molecule has 0 bridgehead atoms. The maximum Gasteiger partial charge on any atom is 0.407 e. The molecule has 6 nitrogen and oxygen atoms in total. The molecule has 1 saturated carbocycles. The largest absolute Gasteiger partial charge is 0.444 e. The summed E-state index contributed by atoms with van der Waals surface area (Å²) >= 11 is 0. The van der Waals surface area contributed by atoms with Gasteiger partial charge in [0.25, 0.3) is 0 Å². The highest BCUT2D eigenvalue weighted by Crippen LogP contribution is 2.20. The van der Waals surface area contributed by atoms with Crippen LogP contribution in [0.4, 0.5) is 9.59 Å². The average Bonchev–Trinajstić information content (AvgIpc) is 2.26. The monoisotopic (exact) mass is 314 g/mol. The molecule has 22 heavy (non-hydrogen) atoms. The van der Waals surface area contributed by atoms with Crippen molar-refractivity contribution < 1.29 is 19.1 Å². The lowest BCUT2D eigenvalue weighted by Crippen LogP contribution is -2.46. The molecule has 1 aliphatic rings. The highest BCUT2D eigenvalue weighted by Gasteiger charge is 2.26. The Bertz CT molecular complexity index is 350. The van der Waals surface area contributed by atoms with Crippen molar-refractivity contribution in [3.63, 3.8) is 0 Å². The smallest absolute Gasteiger partial charge is 0.407 e. The first kappa shape index (κ1) is 18.6. The van der Waals surface area contributed by atoms with Crippen LogP contribution >= 0.6 is 0 Å². The molecule has 1 aliphatic carbocycles. The molecule has 128 valence electrons. The van der Waals surface area contributed by atoms with E-state index in [9.17, 15) is 9.59 Å². The Morgan fingerprint density at radius 3 is 1.23 bits per heavy atom. The molecule has 0 radical (unpaired) electrons. The van der Waals surface area contributed by atoms with Gasteiger partial charge < -0.3 is 20.1 Å². The van der Waals surface area contributed by atoms with Gasteiger partial charge >= 0.3 is 12.2 Å². The molecule has 1 fully saturated rings. The predicted molar refractivity (Wildman–Crippen MR) is 84.8 cm³/mol. The fourth-order valence-corrected chi connectivity index (χ4v) is 2.33. The van der Waals surface area contributed by atoms with Crippen LogP contribution in [0.25, 0.3) is 0 Å². The van der Waals surface area contributed by atoms with Gasteiger partial charge in [-0.1, -0.05) is 0 Å². The topological polar surface area (TPSA) is 76.7 Å². The van der Waals surface area contributed by atoms with Crippen molar-refractivity contribution in [1.82, 2.24) is 10.6 Å². The fourth-order valence-electron chi connectivity index (χ4n) is 2.33. The number of ether oxygens (including phenoxy) is 2. The first-order chi connectivity index (χ1) is 9.94. The lowest BCUT2D eigenvalue weighted by Gasteiger charge is -2.31. The van der Waals surface area contributed by atoms with E-state index in [1.807, 2.05) is 41.5 Å². The number of carbonyl (C=O) groups excluding carboxylic acids is 2. The number of carbonyl (C=O) groups is 2. The third kappa shape index (κ3) is 8.10. The number of rotatable bonds is 2. The van der Waals surface area contributed by atoms with Crippen molar-refractivity contribution in [2.24, 2.45) is 0 Å². The average molecular weight is 314 g/mol. The minimum absolute atomic E-state index is 0.103. The van der Waals surface area contributed by atoms with Gasteiger partial charge in [0.1, 0.15) is 11.2 Å². The third-order valence-electron chi connectivity index (χ3n) is 3.17. The van der Waals surface area contributed by atoms with Gasteiger partial charge in [-0.05, 0) is 67.2 Å². The van der Waals surface area contributed by atoms with Crippen molar-refractivity contribution >= 4 is 12.2 Å². The second-order valence-electron chi connectivity index (χ2n) is 7.84. The summed E-state index contributed by atoms with van der Waals surface area (Å²) in [6.07, 6.45) is 2.52. The maximum absolute atomic E-state index is 11.7. The van der Waals surface area contributed by atoms with Gasteiger partial charge in [0, 0.05) is 12.1 Å². The van der Waals surface area contributed by atoms with Crippen molar-refractivity contribution in [2.45, 2.75) is 90.5 Å². The number of hydrogen-bond acceptors (Lipinski definition) is 4. The molecular weight excluding hydrogens is 284 g/mol. The fraction of sp³-hybridized carbons (Fsp3) is 0.875. The summed E-state index contributed by atoms with van der Waals surface area (Å²) in [4.78, 5) is 23.4. The molecule has 2 amide bonds. The predicted octanol–water partition coefficient (Wildman–Crippen LogP) is 3.35. The van der Waals surface area contributed by atoms with E-state index in [4.69, 9.17) is 9.47 Å². The van der Waals surface area contributed by atoms with E-state index in [-0.39, 0.29) is 24.3 Å². The Morgan fingerprint density at radius 1 is 0.727 bits per heavy atom. The van der Waals surface area contributed by atoms with Crippen LogP contribution in [-0.2, 0) is 9.47 Å². The highest BCUT2D eigenvalue weighted by atomic mass is 16.6. The van der Waals surface area contributed by atoms with E-state index in [1.54, 1.807) is 0 Å². The van der Waals surface area contributed by atoms with Crippen molar-refractivity contribution in [1.29, 1.82) is 0 Å². The highest BCUT2D eigenvalue weighted by molar-refractivity contribution is 5.68. The van der Waals surface area contributed by atoms with Gasteiger partial charge in [0.2, 0.25) is 0 Å². The Hall–Kier alpha value is -1.46. The molecule has 6 heteroatoms. The van der Waals surface area contributed by atoms with Crippen molar-refractivity contribution in [2.75, 3.05) is 0 Å². The van der Waals surface area contributed by atoms with Gasteiger partial charge in [0.15, 0.2) is 0 Å². The molecule has 0 aromatic heterocycles. The lowest BCUT2D eigenvalue weighted by atomic mass is 9.91. The zero-order valence-corrected chi connectivity index (χ0v) is 14.6. The first-order valence-corrected chi connectivity index (χ1v) is 7.94. The number of hydrogen-bond donors (Lipinski definition) is 2. The third-order valence-corrected chi connectivity index (χ3v) is 3.17. The molecule has 0 atom stereocenters. The van der Waals surface area contributed by atoms with Crippen LogP contribution in [0.5, 0.6) is 0 Å². The minimum atomic E-state index is -0.487. The summed E-state index contributed by atoms with van der Waals surface area (Å²) in [7, 11) is 0. The molecule has 0 aromatic rings. The van der Waals surface area contributed by atoms with E-state index in [0.29, 0.717) is 0 Å². The van der Waals surface area contributed by atoms with E-state index in [2.05, 4.69) is 10.6 Å². The number of amides is 2. The summed E-state index contributed by atoms with van der Waals surface area (Å²) in [5.41, 5.74) is -0.973. The Kier molecular flexibility index (Phi) is 6.08. The zero-order chi connectivity index (χ0) is 17.0. The van der Waals surface area contributed by atoms with Crippen LogP contribution in [0.3, 0.4) is 0 Å². The molecule has 0 unspecified atom stereocenters. The van der Waals surface area contributed by atoms with E-state index in [1.165, 1.54) is 0 Å². The van der Waals surface area contributed by atoms with Gasteiger partial charge in [-0.2, -0.15) is 0 Å². The second-order valence-corrected chi connectivity index (χ2v) is 7.84. The SMILES string of the molecule is CC(C)(C)OC(=O)N[C@H]1CC[C@H](NC(=O)OC(C)(C)C)CC1. The Labute approximate surface area is 133 Å². The van der Waals surface area contributed by atoms with Gasteiger partial charge in [-0.15, -0.1) is 0 Å². The molecule has 0 saturated heterocycles. The normalized spacial score (nSPS) is 22.6. The van der Waals surface area contributed by atoms with Crippen LogP contribution in [0.15, 0.2) is 0 Å². The zero-order valence-electron chi connectivity index (χ0n) is 14.6. The lowest BCUT2D eigenvalue weighted by molar-refractivity contribution is 0.0447. The van der Waals surface area contributed by atoms with Crippen LogP contribution in [0.1, 0.15) is 67.2 Å². The summed E-state index contributed by atoms with van der Waals surface area (Å²) in [5.74, 6) is 0. The summed E-state index contributed by atoms with van der Waals surface area (Å²) in [5, 5.41) is 5.76. The number of nitrogens with one attached hydrogen (secondary N) is 2. The standard InChI is InChI=1S/C16H30N2O4/c1-15(2,3)21-13(19)17-11-7-9-12(10-8-11)18-14(20)22-16(4,5)6/h11-12H,7-10H2,1-6H3,(H,17,19)(H,18,20)/t11-,12-. The first-order valence-electron chi connectivity index (χ1n) is 7.94. The van der Waals surface area contributed by atoms with Crippen molar-refractivity contribution in [3.05, 3.63) is 0 Å². The molecular formula is C16H30N2O4. The molecule has 0 aliphatic heterocycles. The minimum Gasteiger partial charge on any atom is -0.444 e.